The molecule has 0 aliphatic rings. The van der Waals surface area contributed by atoms with Gasteiger partial charge in [-0.15, -0.1) is 0 Å². The number of carbonyl (C=O) groups excluding carboxylic acids is 2. The third kappa shape index (κ3) is 7.83. The minimum absolute atomic E-state index is 0. The number of nitrogens with zero attached hydrogens (tertiary/aromatic N) is 1. The van der Waals surface area contributed by atoms with Crippen molar-refractivity contribution in [1.82, 2.24) is 0 Å². The zero-order valence-electron chi connectivity index (χ0n) is 15.9. The second kappa shape index (κ2) is 11.4. The van der Waals surface area contributed by atoms with Gasteiger partial charge < -0.3 is 24.0 Å². The van der Waals surface area contributed by atoms with Crippen LogP contribution in [0.2, 0.25) is 0 Å². The van der Waals surface area contributed by atoms with Crippen LogP contribution in [0, 0.1) is 13.8 Å². The molecular formula is C23H24INO2. The Balaban J connectivity index is 0.000000288. The average Bonchev–Trinajstić information content (AvgIpc) is 2.64. The van der Waals surface area contributed by atoms with Gasteiger partial charge in [-0.05, 0) is 20.8 Å². The Kier molecular flexibility index (Phi) is 9.58. The molecule has 0 amide bonds. The smallest absolute Gasteiger partial charge is 0.227 e. The first-order chi connectivity index (χ1) is 12.5. The summed E-state index contributed by atoms with van der Waals surface area (Å²) in [6.07, 6.45) is 3.79. The first kappa shape index (κ1) is 22.7. The van der Waals surface area contributed by atoms with Crippen molar-refractivity contribution in [3.8, 4) is 0 Å². The molecule has 140 valence electrons. The van der Waals surface area contributed by atoms with E-state index < -0.39 is 0 Å². The second-order valence-electron chi connectivity index (χ2n) is 6.26. The molecule has 1 heterocycles. The van der Waals surface area contributed by atoms with E-state index in [0.29, 0.717) is 6.54 Å². The summed E-state index contributed by atoms with van der Waals surface area (Å²) in [7, 11) is 0. The van der Waals surface area contributed by atoms with Crippen molar-refractivity contribution in [3.05, 3.63) is 101 Å². The summed E-state index contributed by atoms with van der Waals surface area (Å²) >= 11 is 0. The minimum Gasteiger partial charge on any atom is -1.00 e. The summed E-state index contributed by atoms with van der Waals surface area (Å²) in [6, 6.07) is 21.0. The normalized spacial score (nSPS) is 9.44. The Morgan fingerprint density at radius 1 is 0.741 bits per heavy atom. The zero-order chi connectivity index (χ0) is 18.9. The van der Waals surface area contributed by atoms with Gasteiger partial charge in [0.15, 0.2) is 18.2 Å². The average molecular weight is 473 g/mol. The molecule has 0 aliphatic heterocycles. The van der Waals surface area contributed by atoms with E-state index >= 15 is 0 Å². The van der Waals surface area contributed by atoms with Gasteiger partial charge in [0.25, 0.3) is 0 Å². The third-order valence-electron chi connectivity index (χ3n) is 3.94. The highest BCUT2D eigenvalue weighted by Crippen LogP contribution is 2.04. The summed E-state index contributed by atoms with van der Waals surface area (Å²) in [5, 5.41) is 0. The number of aryl methyl sites for hydroxylation is 2. The van der Waals surface area contributed by atoms with Crippen LogP contribution in [0.25, 0.3) is 0 Å². The topological polar surface area (TPSA) is 38.0 Å². The lowest BCUT2D eigenvalue weighted by Crippen LogP contribution is -3.00. The summed E-state index contributed by atoms with van der Waals surface area (Å²) in [6.45, 7) is 5.98. The van der Waals surface area contributed by atoms with Crippen LogP contribution in [0.3, 0.4) is 0 Å². The van der Waals surface area contributed by atoms with Crippen LogP contribution in [0.15, 0.2) is 79.1 Å². The van der Waals surface area contributed by atoms with Gasteiger partial charge in [0.2, 0.25) is 12.3 Å². The lowest BCUT2D eigenvalue weighted by atomic mass is 10.1. The van der Waals surface area contributed by atoms with Crippen LogP contribution in [-0.2, 0) is 6.54 Å². The fourth-order valence-corrected chi connectivity index (χ4v) is 2.32. The quantitative estimate of drug-likeness (QED) is 0.326. The first-order valence-corrected chi connectivity index (χ1v) is 8.57. The molecule has 0 saturated heterocycles. The van der Waals surface area contributed by atoms with Gasteiger partial charge in [0.05, 0.1) is 0 Å². The molecule has 0 spiro atoms. The fourth-order valence-electron chi connectivity index (χ4n) is 2.32. The maximum absolute atomic E-state index is 11.9. The molecule has 2 aromatic carbocycles. The Morgan fingerprint density at radius 2 is 1.19 bits per heavy atom. The fraction of sp³-hybridized carbons (Fsp3) is 0.174. The Hall–Kier alpha value is -2.34. The van der Waals surface area contributed by atoms with E-state index in [0.717, 1.165) is 11.1 Å². The Morgan fingerprint density at radius 3 is 1.63 bits per heavy atom. The number of benzene rings is 2. The lowest BCUT2D eigenvalue weighted by molar-refractivity contribution is -0.683. The summed E-state index contributed by atoms with van der Waals surface area (Å²) < 4.78 is 1.88. The van der Waals surface area contributed by atoms with E-state index in [1.54, 1.807) is 6.92 Å². The molecule has 0 aliphatic carbocycles. The number of rotatable bonds is 4. The number of halogens is 1. The van der Waals surface area contributed by atoms with Crippen LogP contribution in [-0.4, -0.2) is 11.6 Å². The third-order valence-corrected chi connectivity index (χ3v) is 3.94. The highest BCUT2D eigenvalue weighted by molar-refractivity contribution is 5.95. The number of hydrogen-bond donors (Lipinski definition) is 0. The van der Waals surface area contributed by atoms with Crippen LogP contribution in [0.4, 0.5) is 0 Å². The lowest BCUT2D eigenvalue weighted by Gasteiger charge is -1.98. The van der Waals surface area contributed by atoms with Gasteiger partial charge in [-0.3, -0.25) is 9.59 Å². The minimum atomic E-state index is 0. The number of Topliss-reactive ketones (excluding diaryl/α,β-unsaturated/α-hetero) is 2. The molecule has 3 rings (SSSR count). The van der Waals surface area contributed by atoms with Crippen molar-refractivity contribution >= 4 is 11.6 Å². The van der Waals surface area contributed by atoms with E-state index in [-0.39, 0.29) is 35.5 Å². The highest BCUT2D eigenvalue weighted by Gasteiger charge is 2.10. The van der Waals surface area contributed by atoms with Gasteiger partial charge >= 0.3 is 0 Å². The predicted molar refractivity (Wildman–Crippen MR) is 103 cm³/mol. The van der Waals surface area contributed by atoms with E-state index in [9.17, 15) is 9.59 Å². The van der Waals surface area contributed by atoms with Crippen molar-refractivity contribution in [1.29, 1.82) is 0 Å². The molecule has 0 fully saturated rings. The molecule has 0 bridgehead atoms. The van der Waals surface area contributed by atoms with Crippen LogP contribution in [0.1, 0.15) is 38.8 Å². The molecule has 0 saturated carbocycles. The molecular weight excluding hydrogens is 449 g/mol. The van der Waals surface area contributed by atoms with Crippen LogP contribution < -0.4 is 28.5 Å². The Labute approximate surface area is 178 Å². The highest BCUT2D eigenvalue weighted by atomic mass is 127. The van der Waals surface area contributed by atoms with E-state index in [1.807, 2.05) is 97.5 Å². The van der Waals surface area contributed by atoms with Gasteiger partial charge in [0.1, 0.15) is 0 Å². The van der Waals surface area contributed by atoms with Gasteiger partial charge in [-0.1, -0.05) is 65.7 Å². The molecule has 0 atom stereocenters. The number of hydrogen-bond acceptors (Lipinski definition) is 2. The standard InChI is InChI=1S/C14H14NO.C9H10O.HI/c1-12-5-7-13(8-6-12)14(16)11-15-9-3-2-4-10-15;1-7-3-5-9(6-4-7)8(2)10;/h2-10H,11H2,1H3;3-6H,1-2H3;1H/q+1;;/p-1. The maximum atomic E-state index is 11.9. The number of pyridine rings is 1. The number of aromatic nitrogens is 1. The monoisotopic (exact) mass is 473 g/mol. The predicted octanol–water partition coefficient (Wildman–Crippen LogP) is 1.37. The van der Waals surface area contributed by atoms with Crippen molar-refractivity contribution < 1.29 is 38.1 Å². The SMILES string of the molecule is CC(=O)c1ccc(C)cc1.Cc1ccc(C(=O)C[n+]2ccccc2)cc1.[I-]. The first-order valence-electron chi connectivity index (χ1n) is 8.57. The Bertz CT molecular complexity index is 857. The largest absolute Gasteiger partial charge is 1.00 e. The van der Waals surface area contributed by atoms with Gasteiger partial charge in [0, 0.05) is 23.3 Å². The molecule has 0 N–H and O–H groups in total. The van der Waals surface area contributed by atoms with E-state index in [1.165, 1.54) is 11.1 Å². The summed E-state index contributed by atoms with van der Waals surface area (Å²) in [5.74, 6) is 0.260. The maximum Gasteiger partial charge on any atom is 0.227 e. The zero-order valence-corrected chi connectivity index (χ0v) is 18.0. The van der Waals surface area contributed by atoms with Gasteiger partial charge in [-0.25, -0.2) is 0 Å². The molecule has 3 aromatic rings. The van der Waals surface area contributed by atoms with Crippen LogP contribution in [0.5, 0.6) is 0 Å². The second-order valence-corrected chi connectivity index (χ2v) is 6.26. The molecule has 3 nitrogen and oxygen atoms in total. The molecule has 1 aromatic heterocycles. The van der Waals surface area contributed by atoms with Crippen molar-refractivity contribution in [2.75, 3.05) is 0 Å². The molecule has 0 radical (unpaired) electrons. The van der Waals surface area contributed by atoms with Crippen molar-refractivity contribution in [3.63, 3.8) is 0 Å². The summed E-state index contributed by atoms with van der Waals surface area (Å²) in [4.78, 5) is 22.7. The number of carbonyl (C=O) groups is 2. The van der Waals surface area contributed by atoms with Crippen LogP contribution >= 0.6 is 0 Å². The van der Waals surface area contributed by atoms with E-state index in [2.05, 4.69) is 0 Å². The molecule has 4 heteroatoms. The number of ketones is 2. The van der Waals surface area contributed by atoms with E-state index in [4.69, 9.17) is 0 Å². The van der Waals surface area contributed by atoms with Gasteiger partial charge in [-0.2, -0.15) is 4.57 Å². The summed E-state index contributed by atoms with van der Waals surface area (Å²) in [5.41, 5.74) is 3.90. The molecule has 0 unspecified atom stereocenters. The van der Waals surface area contributed by atoms with Crippen molar-refractivity contribution in [2.24, 2.45) is 0 Å². The van der Waals surface area contributed by atoms with Crippen molar-refractivity contribution in [2.45, 2.75) is 27.3 Å². The molecule has 27 heavy (non-hydrogen) atoms.